The van der Waals surface area contributed by atoms with E-state index in [-0.39, 0.29) is 11.5 Å². The third-order valence-electron chi connectivity index (χ3n) is 3.14. The van der Waals surface area contributed by atoms with E-state index in [0.717, 1.165) is 0 Å². The number of hydrogen-bond donors (Lipinski definition) is 2. The number of carbonyl (C=O) groups is 3. The quantitative estimate of drug-likeness (QED) is 0.845. The van der Waals surface area contributed by atoms with Crippen LogP contribution in [0.5, 0.6) is 0 Å². The molecule has 0 saturated carbocycles. The van der Waals surface area contributed by atoms with Crippen molar-refractivity contribution in [3.63, 3.8) is 0 Å². The summed E-state index contributed by atoms with van der Waals surface area (Å²) in [6.07, 6.45) is 0.702. The number of benzene rings is 2. The molecule has 0 heterocycles. The molecule has 5 heteroatoms. The molecule has 21 heavy (non-hydrogen) atoms. The van der Waals surface area contributed by atoms with Crippen LogP contribution in [-0.4, -0.2) is 23.3 Å². The van der Waals surface area contributed by atoms with Crippen LogP contribution in [0.1, 0.15) is 36.6 Å². The lowest BCUT2D eigenvalue weighted by molar-refractivity contribution is 0.0696. The molecule has 0 radical (unpaired) electrons. The minimum absolute atomic E-state index is 0.145. The zero-order valence-corrected chi connectivity index (χ0v) is 11.3. The molecule has 106 valence electrons. The number of carboxylic acid groups (broad SMARTS) is 1. The standard InChI is InChI=1S/C16H13NO4/c1-10-12(9-18)3-2-4-14(10)15(19)17-13-7-5-11(6-8-13)16(20)21/h2-9H,1H3,(H,17,19)(H,20,21). The van der Waals surface area contributed by atoms with E-state index in [2.05, 4.69) is 5.32 Å². The van der Waals surface area contributed by atoms with Crippen molar-refractivity contribution < 1.29 is 19.5 Å². The molecule has 0 bridgehead atoms. The Kier molecular flexibility index (Phi) is 4.13. The lowest BCUT2D eigenvalue weighted by Gasteiger charge is -2.09. The minimum Gasteiger partial charge on any atom is -0.478 e. The highest BCUT2D eigenvalue weighted by molar-refractivity contribution is 6.06. The molecule has 1 amide bonds. The Balaban J connectivity index is 2.22. The fourth-order valence-electron chi connectivity index (χ4n) is 1.92. The Morgan fingerprint density at radius 2 is 1.76 bits per heavy atom. The van der Waals surface area contributed by atoms with Gasteiger partial charge in [0.15, 0.2) is 0 Å². The van der Waals surface area contributed by atoms with Gasteiger partial charge in [-0.15, -0.1) is 0 Å². The predicted octanol–water partition coefficient (Wildman–Crippen LogP) is 2.76. The smallest absolute Gasteiger partial charge is 0.335 e. The van der Waals surface area contributed by atoms with Gasteiger partial charge in [-0.3, -0.25) is 9.59 Å². The molecule has 2 rings (SSSR count). The fourth-order valence-corrected chi connectivity index (χ4v) is 1.92. The van der Waals surface area contributed by atoms with Crippen LogP contribution in [0.25, 0.3) is 0 Å². The summed E-state index contributed by atoms with van der Waals surface area (Å²) in [5, 5.41) is 11.5. The lowest BCUT2D eigenvalue weighted by Crippen LogP contribution is -2.14. The molecular formula is C16H13NO4. The van der Waals surface area contributed by atoms with Crippen molar-refractivity contribution in [3.05, 3.63) is 64.7 Å². The van der Waals surface area contributed by atoms with Gasteiger partial charge >= 0.3 is 5.97 Å². The van der Waals surface area contributed by atoms with E-state index in [4.69, 9.17) is 5.11 Å². The van der Waals surface area contributed by atoms with E-state index in [0.29, 0.717) is 28.7 Å². The largest absolute Gasteiger partial charge is 0.478 e. The van der Waals surface area contributed by atoms with Crippen LogP contribution in [0.3, 0.4) is 0 Å². The van der Waals surface area contributed by atoms with Crippen LogP contribution in [0, 0.1) is 6.92 Å². The summed E-state index contributed by atoms with van der Waals surface area (Å²) in [4.78, 5) is 33.8. The van der Waals surface area contributed by atoms with E-state index in [1.807, 2.05) is 0 Å². The van der Waals surface area contributed by atoms with Crippen LogP contribution < -0.4 is 5.32 Å². The second-order valence-electron chi connectivity index (χ2n) is 4.47. The molecule has 0 spiro atoms. The van der Waals surface area contributed by atoms with E-state index in [1.165, 1.54) is 24.3 Å². The van der Waals surface area contributed by atoms with Crippen LogP contribution in [-0.2, 0) is 0 Å². The van der Waals surface area contributed by atoms with Gasteiger partial charge in [-0.25, -0.2) is 4.79 Å². The summed E-state index contributed by atoms with van der Waals surface area (Å²) >= 11 is 0. The van der Waals surface area contributed by atoms with Crippen molar-refractivity contribution in [2.24, 2.45) is 0 Å². The summed E-state index contributed by atoms with van der Waals surface area (Å²) in [5.41, 5.74) is 2.10. The van der Waals surface area contributed by atoms with E-state index < -0.39 is 5.97 Å². The van der Waals surface area contributed by atoms with Crippen LogP contribution >= 0.6 is 0 Å². The van der Waals surface area contributed by atoms with Gasteiger partial charge in [-0.1, -0.05) is 12.1 Å². The topological polar surface area (TPSA) is 83.5 Å². The first-order valence-corrected chi connectivity index (χ1v) is 6.22. The molecule has 0 aromatic heterocycles. The number of carbonyl (C=O) groups excluding carboxylic acids is 2. The molecule has 0 unspecified atom stereocenters. The Hall–Kier alpha value is -2.95. The molecular weight excluding hydrogens is 270 g/mol. The first-order chi connectivity index (χ1) is 10.0. The highest BCUT2D eigenvalue weighted by Gasteiger charge is 2.12. The SMILES string of the molecule is Cc1c(C=O)cccc1C(=O)Nc1ccc(C(=O)O)cc1. The molecule has 2 N–H and O–H groups in total. The first-order valence-electron chi connectivity index (χ1n) is 6.22. The van der Waals surface area contributed by atoms with E-state index in [9.17, 15) is 14.4 Å². The van der Waals surface area contributed by atoms with Crippen molar-refractivity contribution >= 4 is 23.9 Å². The zero-order valence-electron chi connectivity index (χ0n) is 11.3. The van der Waals surface area contributed by atoms with Crippen LogP contribution in [0.15, 0.2) is 42.5 Å². The highest BCUT2D eigenvalue weighted by Crippen LogP contribution is 2.15. The first kappa shape index (κ1) is 14.5. The number of aldehydes is 1. The summed E-state index contributed by atoms with van der Waals surface area (Å²) in [7, 11) is 0. The van der Waals surface area contributed by atoms with Crippen LogP contribution in [0.2, 0.25) is 0 Å². The van der Waals surface area contributed by atoms with Crippen molar-refractivity contribution in [2.75, 3.05) is 5.32 Å². The maximum Gasteiger partial charge on any atom is 0.335 e. The van der Waals surface area contributed by atoms with E-state index >= 15 is 0 Å². The average Bonchev–Trinajstić information content (AvgIpc) is 2.48. The average molecular weight is 283 g/mol. The Morgan fingerprint density at radius 3 is 2.33 bits per heavy atom. The van der Waals surface area contributed by atoms with Crippen molar-refractivity contribution in [1.82, 2.24) is 0 Å². The summed E-state index contributed by atoms with van der Waals surface area (Å²) in [6, 6.07) is 10.8. The zero-order chi connectivity index (χ0) is 15.4. The Labute approximate surface area is 121 Å². The van der Waals surface area contributed by atoms with Gasteiger partial charge in [0.1, 0.15) is 6.29 Å². The minimum atomic E-state index is -1.03. The molecule has 0 saturated heterocycles. The monoisotopic (exact) mass is 283 g/mol. The normalized spacial score (nSPS) is 9.95. The summed E-state index contributed by atoms with van der Waals surface area (Å²) in [5.74, 6) is -1.37. The molecule has 0 aliphatic carbocycles. The number of carboxylic acids is 1. The lowest BCUT2D eigenvalue weighted by atomic mass is 10.0. The van der Waals surface area contributed by atoms with Gasteiger partial charge in [0.05, 0.1) is 5.56 Å². The number of nitrogens with one attached hydrogen (secondary N) is 1. The fraction of sp³-hybridized carbons (Fsp3) is 0.0625. The molecule has 2 aromatic carbocycles. The summed E-state index contributed by atoms with van der Waals surface area (Å²) < 4.78 is 0. The molecule has 0 aliphatic heterocycles. The van der Waals surface area contributed by atoms with Crippen molar-refractivity contribution in [3.8, 4) is 0 Å². The van der Waals surface area contributed by atoms with E-state index in [1.54, 1.807) is 25.1 Å². The van der Waals surface area contributed by atoms with Crippen LogP contribution in [0.4, 0.5) is 5.69 Å². The van der Waals surface area contributed by atoms with Crippen molar-refractivity contribution in [2.45, 2.75) is 6.92 Å². The Bertz CT molecular complexity index is 705. The van der Waals surface area contributed by atoms with Gasteiger partial charge in [0.2, 0.25) is 0 Å². The molecule has 0 aliphatic rings. The summed E-state index contributed by atoms with van der Waals surface area (Å²) in [6.45, 7) is 1.70. The second-order valence-corrected chi connectivity index (χ2v) is 4.47. The number of aromatic carboxylic acids is 1. The maximum absolute atomic E-state index is 12.2. The van der Waals surface area contributed by atoms with Crippen molar-refractivity contribution in [1.29, 1.82) is 0 Å². The third-order valence-corrected chi connectivity index (χ3v) is 3.14. The van der Waals surface area contributed by atoms with Gasteiger partial charge in [-0.2, -0.15) is 0 Å². The number of rotatable bonds is 4. The molecule has 5 nitrogen and oxygen atoms in total. The molecule has 0 atom stereocenters. The van der Waals surface area contributed by atoms with Gasteiger partial charge in [0.25, 0.3) is 5.91 Å². The molecule has 0 fully saturated rings. The highest BCUT2D eigenvalue weighted by atomic mass is 16.4. The Morgan fingerprint density at radius 1 is 1.10 bits per heavy atom. The maximum atomic E-state index is 12.2. The number of amides is 1. The third kappa shape index (κ3) is 3.14. The van der Waals surface area contributed by atoms with Gasteiger partial charge in [0, 0.05) is 16.8 Å². The van der Waals surface area contributed by atoms with Gasteiger partial charge in [-0.05, 0) is 42.8 Å². The van der Waals surface area contributed by atoms with Gasteiger partial charge < -0.3 is 10.4 Å². The second kappa shape index (κ2) is 6.00. The predicted molar refractivity (Wildman–Crippen MR) is 77.9 cm³/mol. The number of hydrogen-bond acceptors (Lipinski definition) is 3. The molecule has 2 aromatic rings. The number of anilines is 1.